The van der Waals surface area contributed by atoms with E-state index in [2.05, 4.69) is 14.9 Å². The van der Waals surface area contributed by atoms with Gasteiger partial charge >= 0.3 is 0 Å². The molecule has 0 radical (unpaired) electrons. The first-order valence-corrected chi connectivity index (χ1v) is 7.83. The monoisotopic (exact) mass is 286 g/mol. The van der Waals surface area contributed by atoms with Gasteiger partial charge in [0.15, 0.2) is 5.16 Å². The summed E-state index contributed by atoms with van der Waals surface area (Å²) >= 11 is 7.81. The van der Waals surface area contributed by atoms with Crippen LogP contribution in [0.4, 0.5) is 5.82 Å². The molecule has 1 unspecified atom stereocenters. The van der Waals surface area contributed by atoms with Crippen molar-refractivity contribution in [3.8, 4) is 0 Å². The molecule has 0 aromatic carbocycles. The molecule has 18 heavy (non-hydrogen) atoms. The van der Waals surface area contributed by atoms with Gasteiger partial charge in [-0.15, -0.1) is 0 Å². The van der Waals surface area contributed by atoms with Gasteiger partial charge in [0, 0.05) is 24.7 Å². The zero-order chi connectivity index (χ0) is 13.1. The lowest BCUT2D eigenvalue weighted by molar-refractivity contribution is 0.721. The summed E-state index contributed by atoms with van der Waals surface area (Å²) in [5, 5.41) is 1.28. The topological polar surface area (TPSA) is 55.0 Å². The van der Waals surface area contributed by atoms with Crippen LogP contribution in [0.3, 0.4) is 0 Å². The van der Waals surface area contributed by atoms with Gasteiger partial charge in [-0.05, 0) is 32.4 Å². The Bertz CT molecular complexity index is 419. The third kappa shape index (κ3) is 3.08. The molecule has 6 heteroatoms. The molecule has 0 saturated carbocycles. The van der Waals surface area contributed by atoms with Gasteiger partial charge in [0.25, 0.3) is 0 Å². The second-order valence-corrected chi connectivity index (χ2v) is 5.81. The molecule has 2 heterocycles. The van der Waals surface area contributed by atoms with Crippen LogP contribution in [-0.4, -0.2) is 35.4 Å². The lowest BCUT2D eigenvalue weighted by Gasteiger charge is -2.22. The molecule has 4 nitrogen and oxygen atoms in total. The van der Waals surface area contributed by atoms with Crippen LogP contribution in [0, 0.1) is 0 Å². The number of halogens is 1. The molecule has 1 aromatic heterocycles. The van der Waals surface area contributed by atoms with Crippen LogP contribution in [0.5, 0.6) is 0 Å². The minimum atomic E-state index is 0.0626. The van der Waals surface area contributed by atoms with E-state index in [0.29, 0.717) is 5.15 Å². The van der Waals surface area contributed by atoms with Crippen molar-refractivity contribution in [3.63, 3.8) is 0 Å². The largest absolute Gasteiger partial charge is 0.356 e. The second kappa shape index (κ2) is 6.08. The number of anilines is 1. The summed E-state index contributed by atoms with van der Waals surface area (Å²) in [6.45, 7) is 4.08. The SMILES string of the molecule is CSc1nc(Cl)c(CC(C)N)c(N2CCCC2)n1. The molecule has 0 aliphatic carbocycles. The Balaban J connectivity index is 2.40. The van der Waals surface area contributed by atoms with Crippen molar-refractivity contribution in [2.45, 2.75) is 37.4 Å². The van der Waals surface area contributed by atoms with Crippen LogP contribution < -0.4 is 10.6 Å². The van der Waals surface area contributed by atoms with E-state index >= 15 is 0 Å². The summed E-state index contributed by atoms with van der Waals surface area (Å²) in [7, 11) is 0. The number of aromatic nitrogens is 2. The zero-order valence-electron chi connectivity index (χ0n) is 10.8. The standard InChI is InChI=1S/C12H19ClN4S/c1-8(14)7-9-10(13)15-12(18-2)16-11(9)17-5-3-4-6-17/h8H,3-7,14H2,1-2H3. The van der Waals surface area contributed by atoms with Gasteiger partial charge in [-0.3, -0.25) is 0 Å². The average Bonchev–Trinajstić information content (AvgIpc) is 2.84. The summed E-state index contributed by atoms with van der Waals surface area (Å²) in [6.07, 6.45) is 5.12. The summed E-state index contributed by atoms with van der Waals surface area (Å²) in [4.78, 5) is 11.2. The summed E-state index contributed by atoms with van der Waals surface area (Å²) in [5.41, 5.74) is 6.89. The molecule has 100 valence electrons. The highest BCUT2D eigenvalue weighted by Gasteiger charge is 2.21. The average molecular weight is 287 g/mol. The fraction of sp³-hybridized carbons (Fsp3) is 0.667. The summed E-state index contributed by atoms with van der Waals surface area (Å²) in [5.74, 6) is 0.981. The highest BCUT2D eigenvalue weighted by Crippen LogP contribution is 2.30. The maximum absolute atomic E-state index is 6.29. The van der Waals surface area contributed by atoms with Gasteiger partial charge in [-0.25, -0.2) is 9.97 Å². The van der Waals surface area contributed by atoms with Crippen LogP contribution in [-0.2, 0) is 6.42 Å². The Hall–Kier alpha value is -0.520. The van der Waals surface area contributed by atoms with Gasteiger partial charge < -0.3 is 10.6 Å². The van der Waals surface area contributed by atoms with Crippen LogP contribution in [0.15, 0.2) is 5.16 Å². The minimum absolute atomic E-state index is 0.0626. The molecular weight excluding hydrogens is 268 g/mol. The van der Waals surface area contributed by atoms with Gasteiger partial charge in [0.1, 0.15) is 11.0 Å². The number of thioether (sulfide) groups is 1. The van der Waals surface area contributed by atoms with E-state index in [-0.39, 0.29) is 6.04 Å². The van der Waals surface area contributed by atoms with Crippen molar-refractivity contribution in [1.29, 1.82) is 0 Å². The molecule has 1 aliphatic rings. The van der Waals surface area contributed by atoms with Crippen LogP contribution in [0.25, 0.3) is 0 Å². The Morgan fingerprint density at radius 3 is 2.61 bits per heavy atom. The van der Waals surface area contributed by atoms with E-state index in [9.17, 15) is 0 Å². The van der Waals surface area contributed by atoms with E-state index in [1.54, 1.807) is 0 Å². The van der Waals surface area contributed by atoms with Crippen molar-refractivity contribution in [1.82, 2.24) is 9.97 Å². The zero-order valence-corrected chi connectivity index (χ0v) is 12.4. The Labute approximate surface area is 117 Å². The molecule has 1 atom stereocenters. The Morgan fingerprint density at radius 1 is 1.39 bits per heavy atom. The van der Waals surface area contributed by atoms with E-state index in [0.717, 1.165) is 36.0 Å². The third-order valence-electron chi connectivity index (χ3n) is 3.03. The highest BCUT2D eigenvalue weighted by molar-refractivity contribution is 7.98. The first-order valence-electron chi connectivity index (χ1n) is 6.22. The predicted octanol–water partition coefficient (Wildman–Crippen LogP) is 2.34. The van der Waals surface area contributed by atoms with Gasteiger partial charge in [0.2, 0.25) is 0 Å². The fourth-order valence-corrected chi connectivity index (χ4v) is 2.86. The van der Waals surface area contributed by atoms with Crippen molar-refractivity contribution < 1.29 is 0 Å². The molecule has 2 N–H and O–H groups in total. The number of nitrogens with two attached hydrogens (primary N) is 1. The lowest BCUT2D eigenvalue weighted by Crippen LogP contribution is -2.25. The normalized spacial score (nSPS) is 17.2. The fourth-order valence-electron chi connectivity index (χ4n) is 2.21. The van der Waals surface area contributed by atoms with E-state index in [1.165, 1.54) is 24.6 Å². The van der Waals surface area contributed by atoms with Gasteiger partial charge in [0.05, 0.1) is 0 Å². The van der Waals surface area contributed by atoms with Crippen LogP contribution in [0.2, 0.25) is 5.15 Å². The molecular formula is C12H19ClN4S. The molecule has 1 saturated heterocycles. The van der Waals surface area contributed by atoms with E-state index in [1.807, 2.05) is 13.2 Å². The molecule has 0 amide bonds. The maximum Gasteiger partial charge on any atom is 0.190 e. The summed E-state index contributed by atoms with van der Waals surface area (Å²) in [6, 6.07) is 0.0626. The number of rotatable bonds is 4. The molecule has 1 fully saturated rings. The summed E-state index contributed by atoms with van der Waals surface area (Å²) < 4.78 is 0. The number of nitrogens with zero attached hydrogens (tertiary/aromatic N) is 3. The second-order valence-electron chi connectivity index (χ2n) is 4.68. The van der Waals surface area contributed by atoms with Gasteiger partial charge in [-0.2, -0.15) is 0 Å². The maximum atomic E-state index is 6.29. The van der Waals surface area contributed by atoms with Crippen molar-refractivity contribution >= 4 is 29.2 Å². The minimum Gasteiger partial charge on any atom is -0.356 e. The highest BCUT2D eigenvalue weighted by atomic mass is 35.5. The van der Waals surface area contributed by atoms with Crippen LogP contribution >= 0.6 is 23.4 Å². The Morgan fingerprint density at radius 2 is 2.06 bits per heavy atom. The number of hydrogen-bond donors (Lipinski definition) is 1. The molecule has 1 aliphatic heterocycles. The first kappa shape index (κ1) is 13.9. The molecule has 0 bridgehead atoms. The number of hydrogen-bond acceptors (Lipinski definition) is 5. The molecule has 2 rings (SSSR count). The van der Waals surface area contributed by atoms with Gasteiger partial charge in [-0.1, -0.05) is 23.4 Å². The predicted molar refractivity (Wildman–Crippen MR) is 77.6 cm³/mol. The lowest BCUT2D eigenvalue weighted by atomic mass is 10.1. The Kier molecular flexibility index (Phi) is 4.70. The van der Waals surface area contributed by atoms with Crippen molar-refractivity contribution in [2.24, 2.45) is 5.73 Å². The van der Waals surface area contributed by atoms with Crippen molar-refractivity contribution in [3.05, 3.63) is 10.7 Å². The van der Waals surface area contributed by atoms with E-state index in [4.69, 9.17) is 17.3 Å². The quantitative estimate of drug-likeness (QED) is 0.523. The molecule has 1 aromatic rings. The molecule has 0 spiro atoms. The van der Waals surface area contributed by atoms with Crippen molar-refractivity contribution in [2.75, 3.05) is 24.2 Å². The third-order valence-corrected chi connectivity index (χ3v) is 3.89. The van der Waals surface area contributed by atoms with Crippen LogP contribution in [0.1, 0.15) is 25.3 Å². The smallest absolute Gasteiger partial charge is 0.190 e. The van der Waals surface area contributed by atoms with E-state index < -0.39 is 0 Å². The first-order chi connectivity index (χ1) is 8.61.